The SMILES string of the molecule is CC/C=C\C/C=C\C/C=C\C/C=C\C/C=C\CC(=O)OC(COC(=O)CCCCCCCCCCCCCCCCCCC)COP(=O)(O)OCC(O)CO. The average molecular weight is 797 g/mol. The number of carbonyl (C=O) groups is 2. The van der Waals surface area contributed by atoms with Crippen LogP contribution in [0.4, 0.5) is 0 Å². The first kappa shape index (κ1) is 52.7. The molecule has 0 heterocycles. The van der Waals surface area contributed by atoms with Gasteiger partial charge in [-0.05, 0) is 38.5 Å². The second-order valence-corrected chi connectivity index (χ2v) is 15.5. The van der Waals surface area contributed by atoms with E-state index in [1.54, 1.807) is 6.08 Å². The molecule has 0 saturated heterocycles. The van der Waals surface area contributed by atoms with Gasteiger partial charge in [0, 0.05) is 6.42 Å². The van der Waals surface area contributed by atoms with Gasteiger partial charge < -0.3 is 24.6 Å². The van der Waals surface area contributed by atoms with Crippen LogP contribution < -0.4 is 0 Å². The Labute approximate surface area is 334 Å². The molecule has 0 rings (SSSR count). The highest BCUT2D eigenvalue weighted by atomic mass is 31.2. The van der Waals surface area contributed by atoms with Gasteiger partial charge >= 0.3 is 19.8 Å². The number of phosphoric ester groups is 1. The summed E-state index contributed by atoms with van der Waals surface area (Å²) in [5.41, 5.74) is 0. The van der Waals surface area contributed by atoms with Crippen molar-refractivity contribution in [3.8, 4) is 0 Å². The minimum absolute atomic E-state index is 0.0484. The molecule has 0 aliphatic rings. The Bertz CT molecular complexity index is 1100. The molecule has 3 N–H and O–H groups in total. The zero-order valence-electron chi connectivity index (χ0n) is 34.4. The van der Waals surface area contributed by atoms with E-state index in [4.69, 9.17) is 19.1 Å². The normalized spacial score (nSPS) is 14.5. The third-order valence-electron chi connectivity index (χ3n) is 8.72. The Morgan fingerprint density at radius 1 is 0.564 bits per heavy atom. The largest absolute Gasteiger partial charge is 0.472 e. The second-order valence-electron chi connectivity index (χ2n) is 14.0. The molecule has 0 saturated carbocycles. The standard InChI is InChI=1S/C44H77O10P/c1-3-5-7-9-11-13-15-17-19-20-22-23-25-27-29-31-33-35-43(47)51-39-42(40-53-55(49,50)52-38-41(46)37-45)54-44(48)36-34-32-30-28-26-24-21-18-16-14-12-10-8-6-4-2/h6,8,12,14,18,21,26,28,32,34,41-42,45-46H,3-5,7,9-11,13,15-17,19-20,22-25,27,29-31,33,35-40H2,1-2H3,(H,49,50)/b8-6-,14-12-,21-18-,28-26-,34-32-. The van der Waals surface area contributed by atoms with Crippen LogP contribution in [0, 0.1) is 0 Å². The van der Waals surface area contributed by atoms with E-state index in [9.17, 15) is 24.2 Å². The van der Waals surface area contributed by atoms with Crippen molar-refractivity contribution in [3.05, 3.63) is 60.8 Å². The zero-order valence-corrected chi connectivity index (χ0v) is 35.3. The molecule has 318 valence electrons. The number of allylic oxidation sites excluding steroid dienone is 9. The van der Waals surface area contributed by atoms with Gasteiger partial charge in [0.15, 0.2) is 6.10 Å². The molecule has 0 bridgehead atoms. The molecule has 0 aliphatic heterocycles. The summed E-state index contributed by atoms with van der Waals surface area (Å²) in [6, 6.07) is 0. The molecular formula is C44H77O10P. The summed E-state index contributed by atoms with van der Waals surface area (Å²) >= 11 is 0. The van der Waals surface area contributed by atoms with Crippen LogP contribution in [-0.4, -0.2) is 65.7 Å². The maximum Gasteiger partial charge on any atom is 0.472 e. The fraction of sp³-hybridized carbons (Fsp3) is 0.727. The zero-order chi connectivity index (χ0) is 40.5. The minimum Gasteiger partial charge on any atom is -0.462 e. The van der Waals surface area contributed by atoms with Crippen molar-refractivity contribution in [1.29, 1.82) is 0 Å². The van der Waals surface area contributed by atoms with E-state index < -0.39 is 51.8 Å². The highest BCUT2D eigenvalue weighted by Gasteiger charge is 2.27. The monoisotopic (exact) mass is 797 g/mol. The van der Waals surface area contributed by atoms with E-state index in [0.717, 1.165) is 44.9 Å². The molecule has 0 aromatic heterocycles. The van der Waals surface area contributed by atoms with E-state index in [1.165, 1.54) is 83.5 Å². The number of aliphatic hydroxyl groups excluding tert-OH is 2. The van der Waals surface area contributed by atoms with E-state index >= 15 is 0 Å². The van der Waals surface area contributed by atoms with Crippen LogP contribution in [0.25, 0.3) is 0 Å². The molecule has 10 nitrogen and oxygen atoms in total. The number of ether oxygens (including phenoxy) is 2. The van der Waals surface area contributed by atoms with Crippen molar-refractivity contribution in [2.24, 2.45) is 0 Å². The van der Waals surface area contributed by atoms with Crippen LogP contribution in [0.15, 0.2) is 60.8 Å². The van der Waals surface area contributed by atoms with Crippen molar-refractivity contribution >= 4 is 19.8 Å². The minimum atomic E-state index is -4.64. The lowest BCUT2D eigenvalue weighted by Gasteiger charge is -2.20. The van der Waals surface area contributed by atoms with Gasteiger partial charge in [-0.1, -0.05) is 177 Å². The van der Waals surface area contributed by atoms with Crippen molar-refractivity contribution in [3.63, 3.8) is 0 Å². The van der Waals surface area contributed by atoms with Gasteiger partial charge in [0.05, 0.1) is 26.2 Å². The molecule has 3 atom stereocenters. The molecule has 0 amide bonds. The number of hydrogen-bond donors (Lipinski definition) is 3. The first-order valence-electron chi connectivity index (χ1n) is 21.2. The quantitative estimate of drug-likeness (QED) is 0.0237. The van der Waals surface area contributed by atoms with Crippen LogP contribution in [0.2, 0.25) is 0 Å². The summed E-state index contributed by atoms with van der Waals surface area (Å²) in [4.78, 5) is 34.9. The number of esters is 2. The Kier molecular flexibility index (Phi) is 38.2. The lowest BCUT2D eigenvalue weighted by molar-refractivity contribution is -0.160. The van der Waals surface area contributed by atoms with Crippen LogP contribution in [-0.2, 0) is 32.7 Å². The lowest BCUT2D eigenvalue weighted by atomic mass is 10.0. The smallest absolute Gasteiger partial charge is 0.462 e. The van der Waals surface area contributed by atoms with E-state index in [-0.39, 0.29) is 19.4 Å². The van der Waals surface area contributed by atoms with Crippen LogP contribution in [0.5, 0.6) is 0 Å². The predicted octanol–water partition coefficient (Wildman–Crippen LogP) is 11.1. The van der Waals surface area contributed by atoms with Crippen molar-refractivity contribution in [1.82, 2.24) is 0 Å². The van der Waals surface area contributed by atoms with Gasteiger partial charge in [0.1, 0.15) is 12.7 Å². The summed E-state index contributed by atoms with van der Waals surface area (Å²) in [7, 11) is -4.64. The molecule has 0 aliphatic carbocycles. The first-order chi connectivity index (χ1) is 26.7. The number of unbranched alkanes of at least 4 members (excludes halogenated alkanes) is 16. The molecule has 0 fully saturated rings. The van der Waals surface area contributed by atoms with Crippen molar-refractivity contribution < 1.29 is 47.8 Å². The van der Waals surface area contributed by atoms with E-state index in [0.29, 0.717) is 12.8 Å². The molecule has 11 heteroatoms. The van der Waals surface area contributed by atoms with E-state index in [1.807, 2.05) is 18.2 Å². The van der Waals surface area contributed by atoms with Crippen LogP contribution in [0.1, 0.15) is 168 Å². The van der Waals surface area contributed by atoms with Gasteiger partial charge in [-0.15, -0.1) is 0 Å². The van der Waals surface area contributed by atoms with E-state index in [2.05, 4.69) is 54.8 Å². The molecule has 0 aromatic carbocycles. The maximum atomic E-state index is 12.5. The van der Waals surface area contributed by atoms with Gasteiger partial charge in [0.2, 0.25) is 0 Å². The summed E-state index contributed by atoms with van der Waals surface area (Å²) in [6.07, 6.45) is 43.6. The van der Waals surface area contributed by atoms with Crippen LogP contribution in [0.3, 0.4) is 0 Å². The van der Waals surface area contributed by atoms with Crippen LogP contribution >= 0.6 is 7.82 Å². The summed E-state index contributed by atoms with van der Waals surface area (Å²) < 4.78 is 32.5. The lowest BCUT2D eigenvalue weighted by Crippen LogP contribution is -2.29. The number of aliphatic hydroxyl groups is 2. The number of rotatable bonds is 39. The Balaban J connectivity index is 4.40. The highest BCUT2D eigenvalue weighted by molar-refractivity contribution is 7.47. The topological polar surface area (TPSA) is 149 Å². The van der Waals surface area contributed by atoms with Gasteiger partial charge in [-0.3, -0.25) is 18.6 Å². The summed E-state index contributed by atoms with van der Waals surface area (Å²) in [6.45, 7) is 2.15. The van der Waals surface area contributed by atoms with Crippen molar-refractivity contribution in [2.45, 2.75) is 180 Å². The van der Waals surface area contributed by atoms with Gasteiger partial charge in [-0.25, -0.2) is 4.57 Å². The number of phosphoric acid groups is 1. The number of hydrogen-bond acceptors (Lipinski definition) is 9. The van der Waals surface area contributed by atoms with Gasteiger partial charge in [-0.2, -0.15) is 0 Å². The second kappa shape index (κ2) is 39.9. The summed E-state index contributed by atoms with van der Waals surface area (Å²) in [5, 5.41) is 18.3. The molecule has 0 spiro atoms. The Morgan fingerprint density at radius 2 is 0.982 bits per heavy atom. The average Bonchev–Trinajstić information content (AvgIpc) is 3.17. The Hall–Kier alpha value is -2.33. The predicted molar refractivity (Wildman–Crippen MR) is 224 cm³/mol. The third kappa shape index (κ3) is 39.7. The molecule has 0 aromatic rings. The third-order valence-corrected chi connectivity index (χ3v) is 9.67. The molecular weight excluding hydrogens is 719 g/mol. The fourth-order valence-corrected chi connectivity index (χ4v) is 6.27. The Morgan fingerprint density at radius 3 is 1.44 bits per heavy atom. The fourth-order valence-electron chi connectivity index (χ4n) is 5.48. The number of carbonyl (C=O) groups excluding carboxylic acids is 2. The first-order valence-corrected chi connectivity index (χ1v) is 22.7. The molecule has 55 heavy (non-hydrogen) atoms. The van der Waals surface area contributed by atoms with Gasteiger partial charge in [0.25, 0.3) is 0 Å². The molecule has 3 unspecified atom stereocenters. The van der Waals surface area contributed by atoms with Crippen molar-refractivity contribution in [2.75, 3.05) is 26.4 Å². The maximum absolute atomic E-state index is 12.5. The highest BCUT2D eigenvalue weighted by Crippen LogP contribution is 2.43. The molecule has 0 radical (unpaired) electrons. The summed E-state index contributed by atoms with van der Waals surface area (Å²) in [5.74, 6) is -1.07.